The number of allylic oxidation sites excluding steroid dienone is 2. The summed E-state index contributed by atoms with van der Waals surface area (Å²) in [5.74, 6) is 0.0419. The van der Waals surface area contributed by atoms with Gasteiger partial charge in [0.2, 0.25) is 0 Å². The molecule has 0 bridgehead atoms. The fourth-order valence-electron chi connectivity index (χ4n) is 1.85. The van der Waals surface area contributed by atoms with Crippen LogP contribution in [0.2, 0.25) is 0 Å². The molecule has 0 unspecified atom stereocenters. The van der Waals surface area contributed by atoms with Crippen molar-refractivity contribution in [1.29, 1.82) is 0 Å². The number of carbonyl (C=O) groups is 1. The average molecular weight is 225 g/mol. The Hall–Kier alpha value is -2.09. The van der Waals surface area contributed by atoms with Crippen LogP contribution in [0, 0.1) is 0 Å². The van der Waals surface area contributed by atoms with E-state index in [1.807, 2.05) is 36.4 Å². The first-order valence-electron chi connectivity index (χ1n) is 5.59. The fraction of sp³-hybridized carbons (Fsp3) is 0.133. The van der Waals surface area contributed by atoms with E-state index in [0.717, 1.165) is 10.9 Å². The Morgan fingerprint density at radius 3 is 2.59 bits per heavy atom. The molecule has 2 rings (SSSR count). The molecule has 0 amide bonds. The van der Waals surface area contributed by atoms with Crippen molar-refractivity contribution < 1.29 is 4.79 Å². The van der Waals surface area contributed by atoms with Gasteiger partial charge < -0.3 is 5.73 Å². The van der Waals surface area contributed by atoms with Crippen molar-refractivity contribution in [3.05, 3.63) is 59.8 Å². The van der Waals surface area contributed by atoms with Crippen molar-refractivity contribution in [3.63, 3.8) is 0 Å². The average Bonchev–Trinajstić information content (AvgIpc) is 2.27. The Morgan fingerprint density at radius 2 is 1.88 bits per heavy atom. The topological polar surface area (TPSA) is 43.1 Å². The monoisotopic (exact) mass is 225 g/mol. The van der Waals surface area contributed by atoms with E-state index in [4.69, 9.17) is 5.73 Å². The molecule has 2 heteroatoms. The number of carbonyl (C=O) groups excluding carboxylic acids is 1. The minimum absolute atomic E-state index is 0.0419. The molecule has 2 aromatic carbocycles. The van der Waals surface area contributed by atoms with Crippen LogP contribution in [0.15, 0.2) is 54.2 Å². The lowest BCUT2D eigenvalue weighted by atomic mass is 10.0. The van der Waals surface area contributed by atoms with Gasteiger partial charge in [0.05, 0.1) is 0 Å². The minimum atomic E-state index is 0.0419. The molecular formula is C15H15NO. The van der Waals surface area contributed by atoms with Crippen LogP contribution in [0.3, 0.4) is 0 Å². The quantitative estimate of drug-likeness (QED) is 0.816. The highest BCUT2D eigenvalue weighted by molar-refractivity contribution is 5.93. The summed E-state index contributed by atoms with van der Waals surface area (Å²) in [4.78, 5) is 11.6. The number of ketones is 1. The molecule has 0 aliphatic rings. The van der Waals surface area contributed by atoms with Crippen LogP contribution in [-0.4, -0.2) is 5.78 Å². The van der Waals surface area contributed by atoms with Crippen molar-refractivity contribution in [2.24, 2.45) is 5.73 Å². The third-order valence-corrected chi connectivity index (χ3v) is 2.58. The molecule has 0 saturated carbocycles. The maximum atomic E-state index is 11.6. The van der Waals surface area contributed by atoms with Gasteiger partial charge in [-0.05, 0) is 29.3 Å². The molecular weight excluding hydrogens is 210 g/mol. The highest BCUT2D eigenvalue weighted by Gasteiger charge is 2.01. The zero-order chi connectivity index (χ0) is 12.3. The van der Waals surface area contributed by atoms with Crippen LogP contribution in [0.1, 0.15) is 12.5 Å². The molecule has 0 aromatic heterocycles. The van der Waals surface area contributed by atoms with Crippen LogP contribution >= 0.6 is 0 Å². The lowest BCUT2D eigenvalue weighted by Crippen LogP contribution is -2.02. The largest absolute Gasteiger partial charge is 0.402 e. The molecule has 2 N–H and O–H groups in total. The number of benzene rings is 2. The highest BCUT2D eigenvalue weighted by atomic mass is 16.1. The zero-order valence-electron chi connectivity index (χ0n) is 9.81. The summed E-state index contributed by atoms with van der Waals surface area (Å²) in [6, 6.07) is 14.2. The van der Waals surface area contributed by atoms with Crippen LogP contribution in [0.4, 0.5) is 0 Å². The molecule has 0 saturated heterocycles. The number of hydrogen-bond acceptors (Lipinski definition) is 2. The summed E-state index contributed by atoms with van der Waals surface area (Å²) >= 11 is 0. The molecule has 86 valence electrons. The molecule has 0 heterocycles. The van der Waals surface area contributed by atoms with Crippen molar-refractivity contribution in [3.8, 4) is 0 Å². The Morgan fingerprint density at radius 1 is 1.18 bits per heavy atom. The van der Waals surface area contributed by atoms with Crippen molar-refractivity contribution in [1.82, 2.24) is 0 Å². The van der Waals surface area contributed by atoms with E-state index in [1.54, 1.807) is 6.92 Å². The number of rotatable bonds is 3. The standard InChI is InChI=1S/C15H15NO/c1-11(16)8-15(17)10-12-6-7-13-4-2-3-5-14(13)9-12/h2-9H,10,16H2,1H3/b11-8-. The second kappa shape index (κ2) is 4.83. The first-order chi connectivity index (χ1) is 8.15. The normalized spacial score (nSPS) is 11.7. The highest BCUT2D eigenvalue weighted by Crippen LogP contribution is 2.16. The van der Waals surface area contributed by atoms with Crippen molar-refractivity contribution >= 4 is 16.6 Å². The third kappa shape index (κ3) is 2.94. The van der Waals surface area contributed by atoms with E-state index in [-0.39, 0.29) is 5.78 Å². The maximum absolute atomic E-state index is 11.6. The number of fused-ring (bicyclic) bond motifs is 1. The molecule has 0 aliphatic carbocycles. The third-order valence-electron chi connectivity index (χ3n) is 2.58. The van der Waals surface area contributed by atoms with E-state index >= 15 is 0 Å². The Bertz CT molecular complexity index is 580. The first kappa shape index (κ1) is 11.4. The Labute approximate surface area is 101 Å². The van der Waals surface area contributed by atoms with Gasteiger partial charge in [-0.15, -0.1) is 0 Å². The van der Waals surface area contributed by atoms with E-state index in [9.17, 15) is 4.79 Å². The second-order valence-electron chi connectivity index (χ2n) is 4.21. The van der Waals surface area contributed by atoms with Gasteiger partial charge in [0, 0.05) is 12.1 Å². The van der Waals surface area contributed by atoms with E-state index in [2.05, 4.69) is 6.07 Å². The summed E-state index contributed by atoms with van der Waals surface area (Å²) < 4.78 is 0. The summed E-state index contributed by atoms with van der Waals surface area (Å²) in [6.45, 7) is 1.72. The number of hydrogen-bond donors (Lipinski definition) is 1. The van der Waals surface area contributed by atoms with Gasteiger partial charge in [0.15, 0.2) is 5.78 Å². The van der Waals surface area contributed by atoms with Crippen LogP contribution in [-0.2, 0) is 11.2 Å². The van der Waals surface area contributed by atoms with Crippen LogP contribution < -0.4 is 5.73 Å². The summed E-state index contributed by atoms with van der Waals surface area (Å²) in [5.41, 5.74) is 7.05. The van der Waals surface area contributed by atoms with Gasteiger partial charge in [-0.3, -0.25) is 4.79 Å². The number of nitrogens with two attached hydrogens (primary N) is 1. The van der Waals surface area contributed by atoms with Gasteiger partial charge in [-0.25, -0.2) is 0 Å². The van der Waals surface area contributed by atoms with Gasteiger partial charge >= 0.3 is 0 Å². The van der Waals surface area contributed by atoms with Crippen LogP contribution in [0.5, 0.6) is 0 Å². The molecule has 0 atom stereocenters. The predicted molar refractivity (Wildman–Crippen MR) is 70.6 cm³/mol. The minimum Gasteiger partial charge on any atom is -0.402 e. The first-order valence-corrected chi connectivity index (χ1v) is 5.59. The molecule has 0 aliphatic heterocycles. The molecule has 0 radical (unpaired) electrons. The van der Waals surface area contributed by atoms with Gasteiger partial charge in [0.25, 0.3) is 0 Å². The molecule has 2 nitrogen and oxygen atoms in total. The SMILES string of the molecule is C/C(N)=C/C(=O)Cc1ccc2ccccc2c1. The van der Waals surface area contributed by atoms with E-state index in [1.165, 1.54) is 11.5 Å². The fourth-order valence-corrected chi connectivity index (χ4v) is 1.85. The van der Waals surface area contributed by atoms with Crippen molar-refractivity contribution in [2.75, 3.05) is 0 Å². The van der Waals surface area contributed by atoms with E-state index in [0.29, 0.717) is 12.1 Å². The van der Waals surface area contributed by atoms with Gasteiger partial charge in [-0.1, -0.05) is 42.5 Å². The summed E-state index contributed by atoms with van der Waals surface area (Å²) in [7, 11) is 0. The zero-order valence-corrected chi connectivity index (χ0v) is 9.81. The molecule has 0 fully saturated rings. The molecule has 2 aromatic rings. The van der Waals surface area contributed by atoms with Crippen LogP contribution in [0.25, 0.3) is 10.8 Å². The Kier molecular flexibility index (Phi) is 3.24. The second-order valence-corrected chi connectivity index (χ2v) is 4.21. The lowest BCUT2D eigenvalue weighted by Gasteiger charge is -2.02. The van der Waals surface area contributed by atoms with E-state index < -0.39 is 0 Å². The summed E-state index contributed by atoms with van der Waals surface area (Å²) in [5, 5.41) is 2.35. The van der Waals surface area contributed by atoms with Gasteiger partial charge in [-0.2, -0.15) is 0 Å². The predicted octanol–water partition coefficient (Wildman–Crippen LogP) is 2.81. The molecule has 17 heavy (non-hydrogen) atoms. The van der Waals surface area contributed by atoms with Crippen molar-refractivity contribution in [2.45, 2.75) is 13.3 Å². The lowest BCUT2D eigenvalue weighted by molar-refractivity contribution is -0.114. The maximum Gasteiger partial charge on any atom is 0.161 e. The smallest absolute Gasteiger partial charge is 0.161 e. The van der Waals surface area contributed by atoms with Gasteiger partial charge in [0.1, 0.15) is 0 Å². The Balaban J connectivity index is 2.25. The summed E-state index contributed by atoms with van der Waals surface area (Å²) in [6.07, 6.45) is 1.88. The molecule has 0 spiro atoms.